The molecule has 0 N–H and O–H groups in total. The van der Waals surface area contributed by atoms with Crippen LogP contribution >= 0.6 is 11.6 Å². The second-order valence-corrected chi connectivity index (χ2v) is 5.15. The number of hydrogen-bond donors (Lipinski definition) is 0. The maximum atomic E-state index is 6.08. The van der Waals surface area contributed by atoms with E-state index >= 15 is 0 Å². The molecule has 0 aliphatic heterocycles. The van der Waals surface area contributed by atoms with Crippen LogP contribution in [0.4, 0.5) is 0 Å². The van der Waals surface area contributed by atoms with Crippen molar-refractivity contribution >= 4 is 11.6 Å². The fourth-order valence-corrected chi connectivity index (χ4v) is 2.23. The molecule has 3 heteroatoms. The van der Waals surface area contributed by atoms with Crippen molar-refractivity contribution in [3.05, 3.63) is 46.7 Å². The van der Waals surface area contributed by atoms with Crippen molar-refractivity contribution < 1.29 is 0 Å². The summed E-state index contributed by atoms with van der Waals surface area (Å²) in [5.74, 6) is 1.34. The number of rotatable bonds is 3. The smallest absolute Gasteiger partial charge is 0.161 e. The summed E-state index contributed by atoms with van der Waals surface area (Å²) >= 11 is 6.08. The summed E-state index contributed by atoms with van der Waals surface area (Å²) in [6.45, 7) is 2.15. The SMILES string of the molecule is CCc1ccc(-c2nc(Cl)cc(C3CC3)n2)cc1. The van der Waals surface area contributed by atoms with Gasteiger partial charge in [0.1, 0.15) is 5.15 Å². The molecule has 18 heavy (non-hydrogen) atoms. The predicted octanol–water partition coefficient (Wildman–Crippen LogP) is 4.24. The fraction of sp³-hybridized carbons (Fsp3) is 0.333. The lowest BCUT2D eigenvalue weighted by Crippen LogP contribution is -1.95. The summed E-state index contributed by atoms with van der Waals surface area (Å²) in [5, 5.41) is 0.543. The molecule has 1 aromatic heterocycles. The highest BCUT2D eigenvalue weighted by atomic mass is 35.5. The van der Waals surface area contributed by atoms with Crippen molar-refractivity contribution in [1.29, 1.82) is 0 Å². The molecular weight excluding hydrogens is 244 g/mol. The van der Waals surface area contributed by atoms with E-state index in [0.717, 1.165) is 23.5 Å². The molecule has 0 spiro atoms. The molecule has 2 aromatic rings. The zero-order chi connectivity index (χ0) is 12.5. The molecule has 1 aromatic carbocycles. The van der Waals surface area contributed by atoms with Crippen LogP contribution in [-0.2, 0) is 6.42 Å². The number of hydrogen-bond acceptors (Lipinski definition) is 2. The molecule has 0 atom stereocenters. The Kier molecular flexibility index (Phi) is 3.04. The van der Waals surface area contributed by atoms with Crippen LogP contribution in [0.3, 0.4) is 0 Å². The first kappa shape index (κ1) is 11.7. The minimum atomic E-state index is 0.543. The van der Waals surface area contributed by atoms with E-state index in [4.69, 9.17) is 11.6 Å². The molecule has 0 amide bonds. The summed E-state index contributed by atoms with van der Waals surface area (Å²) in [7, 11) is 0. The van der Waals surface area contributed by atoms with E-state index < -0.39 is 0 Å². The quantitative estimate of drug-likeness (QED) is 0.770. The number of halogens is 1. The summed E-state index contributed by atoms with van der Waals surface area (Å²) in [4.78, 5) is 8.95. The minimum Gasteiger partial charge on any atom is -0.233 e. The molecule has 92 valence electrons. The van der Waals surface area contributed by atoms with Crippen LogP contribution < -0.4 is 0 Å². The Labute approximate surface area is 112 Å². The first-order valence-electron chi connectivity index (χ1n) is 6.40. The topological polar surface area (TPSA) is 25.8 Å². The largest absolute Gasteiger partial charge is 0.233 e. The van der Waals surface area contributed by atoms with E-state index in [1.165, 1.54) is 18.4 Å². The van der Waals surface area contributed by atoms with Gasteiger partial charge in [-0.3, -0.25) is 0 Å². The highest BCUT2D eigenvalue weighted by Gasteiger charge is 2.26. The minimum absolute atomic E-state index is 0.543. The molecule has 0 saturated heterocycles. The summed E-state index contributed by atoms with van der Waals surface area (Å²) in [5.41, 5.74) is 3.45. The Morgan fingerprint density at radius 1 is 1.17 bits per heavy atom. The van der Waals surface area contributed by atoms with E-state index in [1.807, 2.05) is 6.07 Å². The van der Waals surface area contributed by atoms with Gasteiger partial charge in [-0.05, 0) is 30.9 Å². The van der Waals surface area contributed by atoms with Crippen LogP contribution in [0.25, 0.3) is 11.4 Å². The molecule has 1 heterocycles. The van der Waals surface area contributed by atoms with Crippen LogP contribution in [0, 0.1) is 0 Å². The maximum Gasteiger partial charge on any atom is 0.161 e. The van der Waals surface area contributed by atoms with Crippen molar-refractivity contribution in [2.45, 2.75) is 32.1 Å². The van der Waals surface area contributed by atoms with Crippen molar-refractivity contribution in [1.82, 2.24) is 9.97 Å². The van der Waals surface area contributed by atoms with Gasteiger partial charge in [0.15, 0.2) is 5.82 Å². The molecule has 1 aliphatic carbocycles. The molecule has 3 rings (SSSR count). The van der Waals surface area contributed by atoms with Crippen molar-refractivity contribution in [3.8, 4) is 11.4 Å². The normalized spacial score (nSPS) is 14.8. The van der Waals surface area contributed by atoms with Gasteiger partial charge in [0.25, 0.3) is 0 Å². The van der Waals surface area contributed by atoms with Crippen molar-refractivity contribution in [3.63, 3.8) is 0 Å². The highest BCUT2D eigenvalue weighted by Crippen LogP contribution is 2.40. The van der Waals surface area contributed by atoms with E-state index in [0.29, 0.717) is 11.1 Å². The van der Waals surface area contributed by atoms with Gasteiger partial charge in [-0.15, -0.1) is 0 Å². The molecule has 2 nitrogen and oxygen atoms in total. The molecule has 0 bridgehead atoms. The molecular formula is C15H15ClN2. The molecule has 0 radical (unpaired) electrons. The summed E-state index contributed by atoms with van der Waals surface area (Å²) < 4.78 is 0. The second kappa shape index (κ2) is 4.69. The maximum absolute atomic E-state index is 6.08. The lowest BCUT2D eigenvalue weighted by atomic mass is 10.1. The lowest BCUT2D eigenvalue weighted by molar-refractivity contribution is 0.994. The predicted molar refractivity (Wildman–Crippen MR) is 73.8 cm³/mol. The third kappa shape index (κ3) is 2.39. The Morgan fingerprint density at radius 2 is 1.89 bits per heavy atom. The van der Waals surface area contributed by atoms with Crippen LogP contribution in [0.1, 0.15) is 36.9 Å². The average molecular weight is 259 g/mol. The van der Waals surface area contributed by atoms with E-state index in [2.05, 4.69) is 41.2 Å². The van der Waals surface area contributed by atoms with Gasteiger partial charge in [0.05, 0.1) is 0 Å². The Bertz CT molecular complexity index is 559. The average Bonchev–Trinajstić information content (AvgIpc) is 3.22. The fourth-order valence-electron chi connectivity index (χ4n) is 2.04. The van der Waals surface area contributed by atoms with Gasteiger partial charge < -0.3 is 0 Å². The Balaban J connectivity index is 1.98. The van der Waals surface area contributed by atoms with Gasteiger partial charge in [0.2, 0.25) is 0 Å². The Hall–Kier alpha value is -1.41. The summed E-state index contributed by atoms with van der Waals surface area (Å²) in [6, 6.07) is 10.3. The first-order chi connectivity index (χ1) is 8.76. The number of nitrogens with zero attached hydrogens (tertiary/aromatic N) is 2. The van der Waals surface area contributed by atoms with Crippen LogP contribution in [0.15, 0.2) is 30.3 Å². The number of benzene rings is 1. The van der Waals surface area contributed by atoms with Crippen LogP contribution in [0.5, 0.6) is 0 Å². The molecule has 1 aliphatic rings. The summed E-state index contributed by atoms with van der Waals surface area (Å²) in [6.07, 6.45) is 3.49. The third-order valence-corrected chi connectivity index (χ3v) is 3.52. The van der Waals surface area contributed by atoms with E-state index in [1.54, 1.807) is 0 Å². The first-order valence-corrected chi connectivity index (χ1v) is 6.78. The number of aromatic nitrogens is 2. The van der Waals surface area contributed by atoms with E-state index in [-0.39, 0.29) is 0 Å². The monoisotopic (exact) mass is 258 g/mol. The molecule has 1 saturated carbocycles. The number of aryl methyl sites for hydroxylation is 1. The molecule has 0 unspecified atom stereocenters. The second-order valence-electron chi connectivity index (χ2n) is 4.76. The Morgan fingerprint density at radius 3 is 2.50 bits per heavy atom. The van der Waals surface area contributed by atoms with Gasteiger partial charge in [0, 0.05) is 17.2 Å². The molecule has 1 fully saturated rings. The third-order valence-electron chi connectivity index (χ3n) is 3.33. The van der Waals surface area contributed by atoms with Crippen LogP contribution in [-0.4, -0.2) is 9.97 Å². The van der Waals surface area contributed by atoms with Gasteiger partial charge in [-0.2, -0.15) is 0 Å². The van der Waals surface area contributed by atoms with Crippen molar-refractivity contribution in [2.75, 3.05) is 0 Å². The highest BCUT2D eigenvalue weighted by molar-refractivity contribution is 6.29. The van der Waals surface area contributed by atoms with Gasteiger partial charge in [-0.1, -0.05) is 42.8 Å². The van der Waals surface area contributed by atoms with E-state index in [9.17, 15) is 0 Å². The van der Waals surface area contributed by atoms with Crippen molar-refractivity contribution in [2.24, 2.45) is 0 Å². The zero-order valence-corrected chi connectivity index (χ0v) is 11.1. The lowest BCUT2D eigenvalue weighted by Gasteiger charge is -2.05. The van der Waals surface area contributed by atoms with Gasteiger partial charge in [-0.25, -0.2) is 9.97 Å². The van der Waals surface area contributed by atoms with Crippen LogP contribution in [0.2, 0.25) is 5.15 Å². The standard InChI is InChI=1S/C15H15ClN2/c1-2-10-3-5-12(6-4-10)15-17-13(11-7-8-11)9-14(16)18-15/h3-6,9,11H,2,7-8H2,1H3. The zero-order valence-electron chi connectivity index (χ0n) is 10.4. The van der Waals surface area contributed by atoms with Gasteiger partial charge >= 0.3 is 0 Å².